The van der Waals surface area contributed by atoms with Gasteiger partial charge in [0, 0.05) is 30.3 Å². The summed E-state index contributed by atoms with van der Waals surface area (Å²) >= 11 is 1.26. The molecule has 0 atom stereocenters. The van der Waals surface area contributed by atoms with Crippen LogP contribution in [0.3, 0.4) is 0 Å². The summed E-state index contributed by atoms with van der Waals surface area (Å²) in [4.78, 5) is 24.9. The average Bonchev–Trinajstić information content (AvgIpc) is 3.47. The van der Waals surface area contributed by atoms with Crippen molar-refractivity contribution in [3.8, 4) is 0 Å². The van der Waals surface area contributed by atoms with Gasteiger partial charge in [0.25, 0.3) is 5.91 Å². The summed E-state index contributed by atoms with van der Waals surface area (Å²) in [6, 6.07) is 17.4. The number of nitrogens with zero attached hydrogens (tertiary/aromatic N) is 4. The van der Waals surface area contributed by atoms with Crippen LogP contribution in [0, 0.1) is 0 Å². The Labute approximate surface area is 191 Å². The van der Waals surface area contributed by atoms with E-state index in [4.69, 9.17) is 0 Å². The van der Waals surface area contributed by atoms with Crippen molar-refractivity contribution in [3.05, 3.63) is 65.7 Å². The Bertz CT molecular complexity index is 1060. The molecule has 1 fully saturated rings. The van der Waals surface area contributed by atoms with Crippen molar-refractivity contribution in [1.82, 2.24) is 25.5 Å². The van der Waals surface area contributed by atoms with Gasteiger partial charge in [0.05, 0.1) is 5.75 Å². The minimum Gasteiger partial charge on any atom is -0.351 e. The molecule has 3 aromatic rings. The highest BCUT2D eigenvalue weighted by Crippen LogP contribution is 2.40. The molecule has 0 saturated heterocycles. The second-order valence-electron chi connectivity index (χ2n) is 8.04. The number of benzene rings is 2. The predicted molar refractivity (Wildman–Crippen MR) is 124 cm³/mol. The lowest BCUT2D eigenvalue weighted by Gasteiger charge is -2.30. The number of carbonyl (C=O) groups is 2. The fourth-order valence-corrected chi connectivity index (χ4v) is 4.79. The number of tetrazole rings is 1. The van der Waals surface area contributed by atoms with Gasteiger partial charge in [-0.2, -0.15) is 0 Å². The van der Waals surface area contributed by atoms with E-state index >= 15 is 0 Å². The Balaban J connectivity index is 1.31. The number of amides is 2. The number of rotatable bonds is 8. The van der Waals surface area contributed by atoms with Crippen molar-refractivity contribution in [2.45, 2.75) is 36.3 Å². The van der Waals surface area contributed by atoms with Crippen LogP contribution in [0.2, 0.25) is 0 Å². The van der Waals surface area contributed by atoms with Crippen molar-refractivity contribution in [1.29, 1.82) is 0 Å². The molecule has 2 amide bonds. The molecule has 4 rings (SSSR count). The lowest BCUT2D eigenvalue weighted by Crippen LogP contribution is -2.39. The molecule has 1 aliphatic rings. The second-order valence-corrected chi connectivity index (χ2v) is 8.98. The number of carbonyl (C=O) groups excluding carboxylic acids is 2. The van der Waals surface area contributed by atoms with Gasteiger partial charge in [0.1, 0.15) is 0 Å². The molecule has 1 heterocycles. The predicted octanol–water partition coefficient (Wildman–Crippen LogP) is 3.18. The lowest BCUT2D eigenvalue weighted by molar-refractivity contribution is -0.113. The normalized spacial score (nSPS) is 14.8. The number of nitrogens with one attached hydrogen (secondary N) is 2. The minimum atomic E-state index is -0.166. The topological polar surface area (TPSA) is 102 Å². The van der Waals surface area contributed by atoms with Gasteiger partial charge >= 0.3 is 0 Å². The number of hydrogen-bond donors (Lipinski definition) is 2. The molecule has 0 radical (unpaired) electrons. The monoisotopic (exact) mass is 450 g/mol. The maximum Gasteiger partial charge on any atom is 0.251 e. The van der Waals surface area contributed by atoms with Crippen molar-refractivity contribution < 1.29 is 9.59 Å². The van der Waals surface area contributed by atoms with Gasteiger partial charge in [-0.25, -0.2) is 4.68 Å². The highest BCUT2D eigenvalue weighted by atomic mass is 32.2. The van der Waals surface area contributed by atoms with Crippen LogP contribution in [0.5, 0.6) is 0 Å². The highest BCUT2D eigenvalue weighted by molar-refractivity contribution is 7.99. The molecule has 32 heavy (non-hydrogen) atoms. The van der Waals surface area contributed by atoms with E-state index in [1.165, 1.54) is 34.8 Å². The van der Waals surface area contributed by atoms with Gasteiger partial charge in [-0.05, 0) is 53.1 Å². The Morgan fingerprint density at radius 3 is 2.44 bits per heavy atom. The molecular formula is C23H26N6O2S. The highest BCUT2D eigenvalue weighted by Gasteiger charge is 2.35. The van der Waals surface area contributed by atoms with E-state index in [9.17, 15) is 9.59 Å². The Kier molecular flexibility index (Phi) is 6.84. The van der Waals surface area contributed by atoms with Crippen molar-refractivity contribution in [3.63, 3.8) is 0 Å². The third kappa shape index (κ3) is 5.16. The maximum absolute atomic E-state index is 12.8. The largest absolute Gasteiger partial charge is 0.351 e. The van der Waals surface area contributed by atoms with Gasteiger partial charge in [-0.1, -0.05) is 54.9 Å². The standard InChI is InChI=1S/C23H26N6O2S/c1-29-22(26-27-28-29)32-15-20(30)25-19-11-9-17(10-12-19)21(31)24-16-23(13-5-6-14-23)18-7-3-2-4-8-18/h2-4,7-12H,5-6,13-16H2,1H3,(H,24,31)(H,25,30). The molecule has 1 aliphatic carbocycles. The van der Waals surface area contributed by atoms with Gasteiger partial charge in [-0.15, -0.1) is 5.10 Å². The molecule has 9 heteroatoms. The molecule has 0 spiro atoms. The number of anilines is 1. The summed E-state index contributed by atoms with van der Waals surface area (Å²) in [5.74, 6) is -0.0745. The van der Waals surface area contributed by atoms with Crippen LogP contribution in [-0.4, -0.2) is 44.3 Å². The van der Waals surface area contributed by atoms with Crippen LogP contribution < -0.4 is 10.6 Å². The number of thioether (sulfide) groups is 1. The number of aryl methyl sites for hydroxylation is 1. The summed E-state index contributed by atoms with van der Waals surface area (Å²) in [5.41, 5.74) is 2.52. The first-order valence-electron chi connectivity index (χ1n) is 10.6. The molecule has 8 nitrogen and oxygen atoms in total. The quantitative estimate of drug-likeness (QED) is 0.511. The third-order valence-electron chi connectivity index (χ3n) is 5.88. The maximum atomic E-state index is 12.8. The number of aromatic nitrogens is 4. The molecule has 0 bridgehead atoms. The Hall–Kier alpha value is -3.20. The smallest absolute Gasteiger partial charge is 0.251 e. The summed E-state index contributed by atoms with van der Waals surface area (Å²) in [6.07, 6.45) is 4.55. The molecule has 0 aliphatic heterocycles. The summed E-state index contributed by atoms with van der Waals surface area (Å²) in [7, 11) is 1.72. The van der Waals surface area contributed by atoms with Gasteiger partial charge < -0.3 is 10.6 Å². The molecule has 2 N–H and O–H groups in total. The van der Waals surface area contributed by atoms with Gasteiger partial charge in [0.2, 0.25) is 11.1 Å². The van der Waals surface area contributed by atoms with Gasteiger partial charge in [-0.3, -0.25) is 9.59 Å². The first-order chi connectivity index (χ1) is 15.6. The molecule has 0 unspecified atom stereocenters. The number of hydrogen-bond acceptors (Lipinski definition) is 6. The van der Waals surface area contributed by atoms with Crippen LogP contribution in [0.1, 0.15) is 41.6 Å². The zero-order valence-corrected chi connectivity index (χ0v) is 18.8. The second kappa shape index (κ2) is 9.95. The van der Waals surface area contributed by atoms with E-state index < -0.39 is 0 Å². The Morgan fingerprint density at radius 2 is 1.78 bits per heavy atom. The van der Waals surface area contributed by atoms with Crippen molar-refractivity contribution >= 4 is 29.3 Å². The van der Waals surface area contributed by atoms with E-state index in [-0.39, 0.29) is 23.0 Å². The first-order valence-corrected chi connectivity index (χ1v) is 11.6. The molecule has 166 valence electrons. The first kappa shape index (κ1) is 22.0. The van der Waals surface area contributed by atoms with E-state index in [1.807, 2.05) is 6.07 Å². The van der Waals surface area contributed by atoms with E-state index in [1.54, 1.807) is 31.3 Å². The van der Waals surface area contributed by atoms with Gasteiger partial charge in [0.15, 0.2) is 0 Å². The van der Waals surface area contributed by atoms with Crippen LogP contribution in [0.25, 0.3) is 0 Å². The van der Waals surface area contributed by atoms with E-state index in [0.717, 1.165) is 12.8 Å². The minimum absolute atomic E-state index is 0.0146. The molecule has 1 saturated carbocycles. The summed E-state index contributed by atoms with van der Waals surface area (Å²) < 4.78 is 1.51. The lowest BCUT2D eigenvalue weighted by atomic mass is 9.79. The van der Waals surface area contributed by atoms with Crippen LogP contribution in [0.4, 0.5) is 5.69 Å². The summed E-state index contributed by atoms with van der Waals surface area (Å²) in [5, 5.41) is 17.6. The van der Waals surface area contributed by atoms with Crippen LogP contribution in [0.15, 0.2) is 59.8 Å². The molecule has 2 aromatic carbocycles. The molecule has 1 aromatic heterocycles. The van der Waals surface area contributed by atoms with Crippen LogP contribution >= 0.6 is 11.8 Å². The van der Waals surface area contributed by atoms with Crippen LogP contribution in [-0.2, 0) is 17.3 Å². The van der Waals surface area contributed by atoms with Crippen molar-refractivity contribution in [2.75, 3.05) is 17.6 Å². The average molecular weight is 451 g/mol. The van der Waals surface area contributed by atoms with E-state index in [0.29, 0.717) is 23.0 Å². The fourth-order valence-electron chi connectivity index (χ4n) is 4.14. The van der Waals surface area contributed by atoms with E-state index in [2.05, 4.69) is 50.4 Å². The fraction of sp³-hybridized carbons (Fsp3) is 0.348. The third-order valence-corrected chi connectivity index (χ3v) is 6.89. The zero-order valence-electron chi connectivity index (χ0n) is 18.0. The zero-order chi connectivity index (χ0) is 22.4. The van der Waals surface area contributed by atoms with Crippen molar-refractivity contribution in [2.24, 2.45) is 7.05 Å². The molecular weight excluding hydrogens is 424 g/mol. The SMILES string of the molecule is Cn1nnnc1SCC(=O)Nc1ccc(C(=O)NCC2(c3ccccc3)CCCC2)cc1. The summed E-state index contributed by atoms with van der Waals surface area (Å²) in [6.45, 7) is 0.627. The Morgan fingerprint density at radius 1 is 1.06 bits per heavy atom.